The van der Waals surface area contributed by atoms with Crippen molar-refractivity contribution in [3.05, 3.63) is 29.8 Å². The zero-order valence-electron chi connectivity index (χ0n) is 11.6. The van der Waals surface area contributed by atoms with Crippen LogP contribution in [0.5, 0.6) is 0 Å². The lowest BCUT2D eigenvalue weighted by Gasteiger charge is -2.18. The van der Waals surface area contributed by atoms with Crippen molar-refractivity contribution in [2.24, 2.45) is 5.73 Å². The summed E-state index contributed by atoms with van der Waals surface area (Å²) in [5.41, 5.74) is 7.28. The van der Waals surface area contributed by atoms with Crippen LogP contribution in [0.15, 0.2) is 24.3 Å². The summed E-state index contributed by atoms with van der Waals surface area (Å²) in [5, 5.41) is 5.68. The van der Waals surface area contributed by atoms with Crippen LogP contribution in [-0.2, 0) is 11.3 Å². The van der Waals surface area contributed by atoms with Gasteiger partial charge in [0.25, 0.3) is 0 Å². The van der Waals surface area contributed by atoms with Crippen LogP contribution >= 0.6 is 0 Å². The molecule has 20 heavy (non-hydrogen) atoms. The number of hydrogen-bond acceptors (Lipinski definition) is 3. The predicted molar refractivity (Wildman–Crippen MR) is 77.1 cm³/mol. The number of likely N-dealkylation sites (tertiary alicyclic amines) is 1. The normalized spacial score (nSPS) is 17.9. The molecule has 1 fully saturated rings. The number of urea groups is 1. The van der Waals surface area contributed by atoms with E-state index in [0.717, 1.165) is 17.7 Å². The molecular formula is C14H20N4O2. The third-order valence-corrected chi connectivity index (χ3v) is 3.30. The number of benzene rings is 1. The van der Waals surface area contributed by atoms with Crippen molar-refractivity contribution in [3.8, 4) is 0 Å². The number of nitrogens with one attached hydrogen (secondary N) is 2. The molecule has 0 aliphatic carbocycles. The average Bonchev–Trinajstić information content (AvgIpc) is 2.86. The second-order valence-electron chi connectivity index (χ2n) is 4.97. The SMILES string of the molecule is CC(=O)NC1CCN(C(=O)Nc2cccc(CN)c2)C1. The molecule has 1 aromatic carbocycles. The van der Waals surface area contributed by atoms with Gasteiger partial charge in [0.05, 0.1) is 0 Å². The van der Waals surface area contributed by atoms with Gasteiger partial charge in [0.1, 0.15) is 0 Å². The van der Waals surface area contributed by atoms with Gasteiger partial charge in [-0.1, -0.05) is 12.1 Å². The molecule has 1 aliphatic heterocycles. The standard InChI is InChI=1S/C14H20N4O2/c1-10(19)16-13-5-6-18(9-13)14(20)17-12-4-2-3-11(7-12)8-15/h2-4,7,13H,5-6,8-9,15H2,1H3,(H,16,19)(H,17,20). The van der Waals surface area contributed by atoms with Crippen LogP contribution in [0.25, 0.3) is 0 Å². The second kappa shape index (κ2) is 6.38. The van der Waals surface area contributed by atoms with E-state index >= 15 is 0 Å². The Morgan fingerprint density at radius 3 is 2.95 bits per heavy atom. The molecule has 6 heteroatoms. The smallest absolute Gasteiger partial charge is 0.321 e. The highest BCUT2D eigenvalue weighted by atomic mass is 16.2. The van der Waals surface area contributed by atoms with E-state index in [-0.39, 0.29) is 18.0 Å². The molecule has 1 atom stereocenters. The summed E-state index contributed by atoms with van der Waals surface area (Å²) in [7, 11) is 0. The van der Waals surface area contributed by atoms with E-state index in [1.807, 2.05) is 24.3 Å². The van der Waals surface area contributed by atoms with Gasteiger partial charge in [0.2, 0.25) is 5.91 Å². The van der Waals surface area contributed by atoms with Crippen molar-refractivity contribution >= 4 is 17.6 Å². The Hall–Kier alpha value is -2.08. The summed E-state index contributed by atoms with van der Waals surface area (Å²) in [5.74, 6) is -0.0621. The van der Waals surface area contributed by atoms with Gasteiger partial charge >= 0.3 is 6.03 Å². The van der Waals surface area contributed by atoms with Crippen LogP contribution in [-0.4, -0.2) is 36.0 Å². The van der Waals surface area contributed by atoms with E-state index in [0.29, 0.717) is 19.6 Å². The Morgan fingerprint density at radius 2 is 2.25 bits per heavy atom. The fourth-order valence-electron chi connectivity index (χ4n) is 2.33. The first-order valence-corrected chi connectivity index (χ1v) is 6.70. The van der Waals surface area contributed by atoms with Gasteiger partial charge in [-0.15, -0.1) is 0 Å². The zero-order chi connectivity index (χ0) is 14.5. The van der Waals surface area contributed by atoms with Crippen molar-refractivity contribution in [1.82, 2.24) is 10.2 Å². The van der Waals surface area contributed by atoms with Gasteiger partial charge in [-0.2, -0.15) is 0 Å². The van der Waals surface area contributed by atoms with Crippen molar-refractivity contribution in [3.63, 3.8) is 0 Å². The van der Waals surface area contributed by atoms with Crippen LogP contribution in [0.1, 0.15) is 18.9 Å². The molecule has 4 N–H and O–H groups in total. The molecule has 0 radical (unpaired) electrons. The highest BCUT2D eigenvalue weighted by Crippen LogP contribution is 2.14. The second-order valence-corrected chi connectivity index (χ2v) is 4.97. The number of carbonyl (C=O) groups is 2. The Balaban J connectivity index is 1.90. The van der Waals surface area contributed by atoms with E-state index in [9.17, 15) is 9.59 Å². The van der Waals surface area contributed by atoms with Crippen LogP contribution in [0.2, 0.25) is 0 Å². The number of hydrogen-bond donors (Lipinski definition) is 3. The van der Waals surface area contributed by atoms with Gasteiger partial charge < -0.3 is 21.3 Å². The Labute approximate surface area is 118 Å². The van der Waals surface area contributed by atoms with Crippen molar-refractivity contribution in [1.29, 1.82) is 0 Å². The quantitative estimate of drug-likeness (QED) is 0.766. The van der Waals surface area contributed by atoms with E-state index in [2.05, 4.69) is 10.6 Å². The highest BCUT2D eigenvalue weighted by Gasteiger charge is 2.26. The predicted octanol–water partition coefficient (Wildman–Crippen LogP) is 0.888. The Kier molecular flexibility index (Phi) is 4.57. The molecule has 0 bridgehead atoms. The molecule has 0 spiro atoms. The zero-order valence-corrected chi connectivity index (χ0v) is 11.6. The molecule has 1 aliphatic rings. The highest BCUT2D eigenvalue weighted by molar-refractivity contribution is 5.89. The summed E-state index contributed by atoms with van der Waals surface area (Å²) in [6.07, 6.45) is 0.788. The summed E-state index contributed by atoms with van der Waals surface area (Å²) in [4.78, 5) is 24.8. The maximum atomic E-state index is 12.1. The van der Waals surface area contributed by atoms with Crippen molar-refractivity contribution in [2.45, 2.75) is 25.9 Å². The van der Waals surface area contributed by atoms with Gasteiger partial charge in [0.15, 0.2) is 0 Å². The third kappa shape index (κ3) is 3.71. The lowest BCUT2D eigenvalue weighted by Crippen LogP contribution is -2.38. The Bertz CT molecular complexity index is 504. The van der Waals surface area contributed by atoms with Gasteiger partial charge in [-0.05, 0) is 24.1 Å². The number of carbonyl (C=O) groups excluding carboxylic acids is 2. The summed E-state index contributed by atoms with van der Waals surface area (Å²) in [6, 6.07) is 7.37. The fraction of sp³-hybridized carbons (Fsp3) is 0.429. The van der Waals surface area contributed by atoms with Crippen molar-refractivity contribution in [2.75, 3.05) is 18.4 Å². The summed E-state index contributed by atoms with van der Waals surface area (Å²) >= 11 is 0. The number of amides is 3. The molecule has 6 nitrogen and oxygen atoms in total. The maximum absolute atomic E-state index is 12.1. The van der Waals surface area contributed by atoms with E-state index in [4.69, 9.17) is 5.73 Å². The van der Waals surface area contributed by atoms with Crippen LogP contribution < -0.4 is 16.4 Å². The first-order valence-electron chi connectivity index (χ1n) is 6.70. The average molecular weight is 276 g/mol. The molecule has 1 saturated heterocycles. The van der Waals surface area contributed by atoms with Crippen LogP contribution in [0.4, 0.5) is 10.5 Å². The lowest BCUT2D eigenvalue weighted by atomic mass is 10.2. The van der Waals surface area contributed by atoms with Gasteiger partial charge in [-0.25, -0.2) is 4.79 Å². The minimum Gasteiger partial charge on any atom is -0.352 e. The van der Waals surface area contributed by atoms with Gasteiger partial charge in [0, 0.05) is 38.3 Å². The minimum atomic E-state index is -0.146. The Morgan fingerprint density at radius 1 is 1.45 bits per heavy atom. The van der Waals surface area contributed by atoms with Crippen LogP contribution in [0.3, 0.4) is 0 Å². The molecule has 0 aromatic heterocycles. The molecule has 0 saturated carbocycles. The molecule has 1 unspecified atom stereocenters. The molecule has 1 heterocycles. The van der Waals surface area contributed by atoms with Crippen molar-refractivity contribution < 1.29 is 9.59 Å². The monoisotopic (exact) mass is 276 g/mol. The van der Waals surface area contributed by atoms with E-state index in [1.165, 1.54) is 6.92 Å². The molecular weight excluding hydrogens is 256 g/mol. The largest absolute Gasteiger partial charge is 0.352 e. The third-order valence-electron chi connectivity index (χ3n) is 3.30. The van der Waals surface area contributed by atoms with Gasteiger partial charge in [-0.3, -0.25) is 4.79 Å². The lowest BCUT2D eigenvalue weighted by molar-refractivity contribution is -0.119. The topological polar surface area (TPSA) is 87.5 Å². The molecule has 1 aromatic rings. The first kappa shape index (κ1) is 14.3. The summed E-state index contributed by atoms with van der Waals surface area (Å²) in [6.45, 7) is 3.12. The van der Waals surface area contributed by atoms with E-state index < -0.39 is 0 Å². The molecule has 3 amide bonds. The number of rotatable bonds is 3. The first-order chi connectivity index (χ1) is 9.58. The molecule has 2 rings (SSSR count). The fourth-order valence-corrected chi connectivity index (χ4v) is 2.33. The maximum Gasteiger partial charge on any atom is 0.321 e. The van der Waals surface area contributed by atoms with Crippen LogP contribution in [0, 0.1) is 0 Å². The number of anilines is 1. The van der Waals surface area contributed by atoms with E-state index in [1.54, 1.807) is 4.90 Å². The number of nitrogens with two attached hydrogens (primary N) is 1. The number of nitrogens with zero attached hydrogens (tertiary/aromatic N) is 1. The summed E-state index contributed by atoms with van der Waals surface area (Å²) < 4.78 is 0. The minimum absolute atomic E-state index is 0.0497. The molecule has 108 valence electrons.